The molecule has 0 aliphatic carbocycles. The van der Waals surface area contributed by atoms with Crippen LogP contribution in [-0.2, 0) is 0 Å². The van der Waals surface area contributed by atoms with Crippen molar-refractivity contribution in [2.75, 3.05) is 5.73 Å². The van der Waals surface area contributed by atoms with Gasteiger partial charge in [0.15, 0.2) is 15.1 Å². The summed E-state index contributed by atoms with van der Waals surface area (Å²) in [4.78, 5) is 8.17. The van der Waals surface area contributed by atoms with E-state index in [1.165, 1.54) is 0 Å². The van der Waals surface area contributed by atoms with Crippen molar-refractivity contribution in [2.24, 2.45) is 0 Å². The number of hydrogen-bond acceptors (Lipinski definition) is 3. The fourth-order valence-electron chi connectivity index (χ4n) is 0.672. The Morgan fingerprint density at radius 2 is 2.40 bits per heavy atom. The molecule has 0 atom stereocenters. The monoisotopic (exact) mass is 133 g/mol. The van der Waals surface area contributed by atoms with Crippen molar-refractivity contribution >= 4 is 32.1 Å². The molecule has 2 N–H and O–H groups in total. The van der Waals surface area contributed by atoms with Gasteiger partial charge in [-0.15, -0.1) is 0 Å². The molecule has 0 bridgehead atoms. The van der Waals surface area contributed by atoms with Gasteiger partial charge in [0.25, 0.3) is 0 Å². The molecule has 50 valence electrons. The summed E-state index contributed by atoms with van der Waals surface area (Å²) >= 11 is 0. The summed E-state index contributed by atoms with van der Waals surface area (Å²) in [5.41, 5.74) is 7.27. The van der Waals surface area contributed by atoms with Gasteiger partial charge in [-0.25, -0.2) is 4.98 Å². The first kappa shape index (κ1) is 7.12. The molecule has 0 aromatic carbocycles. The van der Waals surface area contributed by atoms with E-state index < -0.39 is 0 Å². The van der Waals surface area contributed by atoms with Gasteiger partial charge in [-0.05, 0) is 0 Å². The average molecular weight is 133 g/mol. The minimum absolute atomic E-state index is 0.541. The first-order valence-electron chi connectivity index (χ1n) is 3.32. The zero-order chi connectivity index (χ0) is 7.56. The molecule has 0 unspecified atom stereocenters. The van der Waals surface area contributed by atoms with Crippen molar-refractivity contribution in [1.29, 1.82) is 0 Å². The van der Waals surface area contributed by atoms with Crippen molar-refractivity contribution in [2.45, 2.75) is 6.82 Å². The van der Waals surface area contributed by atoms with E-state index in [0.717, 1.165) is 18.5 Å². The maximum Gasteiger partial charge on any atom is 0.181 e. The molecule has 0 fully saturated rings. The standard InChI is InChI=1S/C5H9B2N3/c1-7-3-2-9-4(6)5(8)10-3/h2,7H,6H2,1H3,(H2,8,10). The molecule has 10 heavy (non-hydrogen) atoms. The third-order valence-corrected chi connectivity index (χ3v) is 1.40. The molecule has 0 amide bonds. The number of hydrogen-bond donors (Lipinski definition) is 1. The van der Waals surface area contributed by atoms with Crippen LogP contribution in [0.3, 0.4) is 0 Å². The van der Waals surface area contributed by atoms with Crippen LogP contribution in [0.2, 0.25) is 6.82 Å². The molecule has 1 heterocycles. The number of nitrogen functional groups attached to an aromatic ring is 1. The topological polar surface area (TPSA) is 51.8 Å². The van der Waals surface area contributed by atoms with Crippen LogP contribution in [-0.4, -0.2) is 25.1 Å². The Hall–Kier alpha value is -0.990. The lowest BCUT2D eigenvalue weighted by molar-refractivity contribution is 1.29. The van der Waals surface area contributed by atoms with E-state index in [1.807, 2.05) is 14.7 Å². The minimum atomic E-state index is 0.541. The lowest BCUT2D eigenvalue weighted by atomic mass is 9.78. The lowest BCUT2D eigenvalue weighted by Crippen LogP contribution is -2.25. The minimum Gasteiger partial charge on any atom is -0.383 e. The second kappa shape index (κ2) is 2.73. The molecule has 0 aliphatic rings. The Kier molecular flexibility index (Phi) is 1.94. The predicted octanol–water partition coefficient (Wildman–Crippen LogP) is -2.57. The quantitative estimate of drug-likeness (QED) is 0.428. The van der Waals surface area contributed by atoms with Gasteiger partial charge >= 0.3 is 0 Å². The Labute approximate surface area is 61.7 Å². The van der Waals surface area contributed by atoms with Crippen molar-refractivity contribution in [1.82, 2.24) is 9.97 Å². The lowest BCUT2D eigenvalue weighted by Gasteiger charge is -1.98. The molecular formula is C5H9B2N3. The zero-order valence-electron chi connectivity index (χ0n) is 6.26. The van der Waals surface area contributed by atoms with E-state index in [9.17, 15) is 0 Å². The third kappa shape index (κ3) is 1.29. The number of nitrogens with two attached hydrogens (primary N) is 1. The molecule has 1 aromatic rings. The van der Waals surface area contributed by atoms with Gasteiger partial charge < -0.3 is 5.73 Å². The van der Waals surface area contributed by atoms with Gasteiger partial charge in [-0.3, -0.25) is 4.98 Å². The third-order valence-electron chi connectivity index (χ3n) is 1.40. The maximum absolute atomic E-state index is 5.52. The van der Waals surface area contributed by atoms with Crippen LogP contribution in [0.4, 0.5) is 5.82 Å². The summed E-state index contributed by atoms with van der Waals surface area (Å²) in [7, 11) is 2.74. The molecule has 0 spiro atoms. The second-order valence-electron chi connectivity index (χ2n) is 2.19. The van der Waals surface area contributed by atoms with Crippen LogP contribution in [0.1, 0.15) is 0 Å². The van der Waals surface area contributed by atoms with Crippen molar-refractivity contribution in [3.05, 3.63) is 6.20 Å². The van der Waals surface area contributed by atoms with Crippen LogP contribution in [0.5, 0.6) is 0 Å². The zero-order valence-corrected chi connectivity index (χ0v) is 6.26. The van der Waals surface area contributed by atoms with Crippen LogP contribution in [0.15, 0.2) is 6.20 Å². The van der Waals surface area contributed by atoms with E-state index >= 15 is 0 Å². The first-order chi connectivity index (χ1) is 4.74. The Bertz CT molecular complexity index is 238. The highest BCUT2D eigenvalue weighted by Crippen LogP contribution is 1.80. The van der Waals surface area contributed by atoms with Crippen molar-refractivity contribution < 1.29 is 0 Å². The average Bonchev–Trinajstić information content (AvgIpc) is 1.95. The summed E-state index contributed by atoms with van der Waals surface area (Å²) in [6.45, 7) is 2.03. The molecule has 1 rings (SSSR count). The summed E-state index contributed by atoms with van der Waals surface area (Å²) in [5.74, 6) is 0.541. The second-order valence-corrected chi connectivity index (χ2v) is 2.19. The normalized spacial score (nSPS) is 9.30. The highest BCUT2D eigenvalue weighted by atomic mass is 14.9. The summed E-state index contributed by atoms with van der Waals surface area (Å²) < 4.78 is 0. The van der Waals surface area contributed by atoms with E-state index in [2.05, 4.69) is 9.97 Å². The van der Waals surface area contributed by atoms with E-state index in [1.54, 1.807) is 6.20 Å². The molecule has 0 aliphatic heterocycles. The fourth-order valence-corrected chi connectivity index (χ4v) is 0.672. The summed E-state index contributed by atoms with van der Waals surface area (Å²) in [6, 6.07) is 0. The maximum atomic E-state index is 5.52. The van der Waals surface area contributed by atoms with Crippen LogP contribution in [0.25, 0.3) is 0 Å². The van der Waals surface area contributed by atoms with E-state index in [4.69, 9.17) is 5.73 Å². The number of anilines is 1. The Morgan fingerprint density at radius 3 is 2.90 bits per heavy atom. The van der Waals surface area contributed by atoms with Crippen LogP contribution in [0, 0.1) is 0 Å². The van der Waals surface area contributed by atoms with Gasteiger partial charge in [-0.1, -0.05) is 6.82 Å². The van der Waals surface area contributed by atoms with E-state index in [-0.39, 0.29) is 0 Å². The summed E-state index contributed by atoms with van der Waals surface area (Å²) in [5, 5.41) is 0. The number of aromatic nitrogens is 2. The van der Waals surface area contributed by atoms with E-state index in [0.29, 0.717) is 5.82 Å². The molecule has 3 nitrogen and oxygen atoms in total. The van der Waals surface area contributed by atoms with Crippen LogP contribution >= 0.6 is 0 Å². The smallest absolute Gasteiger partial charge is 0.181 e. The van der Waals surface area contributed by atoms with Gasteiger partial charge in [0.1, 0.15) is 5.82 Å². The van der Waals surface area contributed by atoms with Crippen molar-refractivity contribution in [3.8, 4) is 0 Å². The van der Waals surface area contributed by atoms with Gasteiger partial charge in [0.05, 0.1) is 0 Å². The molecule has 1 aromatic heterocycles. The van der Waals surface area contributed by atoms with Gasteiger partial charge in [0.2, 0.25) is 0 Å². The molecule has 0 radical (unpaired) electrons. The Morgan fingerprint density at radius 1 is 1.70 bits per heavy atom. The first-order valence-corrected chi connectivity index (χ1v) is 3.32. The predicted molar refractivity (Wildman–Crippen MR) is 47.3 cm³/mol. The van der Waals surface area contributed by atoms with Gasteiger partial charge in [-0.2, -0.15) is 0 Å². The highest BCUT2D eigenvalue weighted by molar-refractivity contribution is 6.50. The van der Waals surface area contributed by atoms with Crippen LogP contribution < -0.4 is 16.9 Å². The largest absolute Gasteiger partial charge is 0.383 e. The fraction of sp³-hybridized carbons (Fsp3) is 0.200. The molecule has 5 heteroatoms. The van der Waals surface area contributed by atoms with Crippen molar-refractivity contribution in [3.63, 3.8) is 0 Å². The molecule has 0 saturated heterocycles. The Balaban J connectivity index is 3.04. The SMILES string of the molecule is Bc1ncc(BC)nc1N. The number of nitrogens with zero attached hydrogens (tertiary/aromatic N) is 2. The number of rotatable bonds is 1. The molecular weight excluding hydrogens is 124 g/mol. The molecule has 0 saturated carbocycles. The highest BCUT2D eigenvalue weighted by Gasteiger charge is 1.96. The van der Waals surface area contributed by atoms with Gasteiger partial charge in [0, 0.05) is 17.4 Å². The summed E-state index contributed by atoms with van der Waals surface area (Å²) in [6.07, 6.45) is 1.76.